The Kier molecular flexibility index (Phi) is 5.45. The molecule has 42 heavy (non-hydrogen) atoms. The molecule has 0 saturated heterocycles. The van der Waals surface area contributed by atoms with Crippen molar-refractivity contribution in [2.24, 2.45) is 0 Å². The fourth-order valence-corrected chi connectivity index (χ4v) is 5.77. The number of halogens is 1. The van der Waals surface area contributed by atoms with Crippen LogP contribution < -0.4 is 14.4 Å². The SMILES string of the molecule is CN1C(=Cc2n(-c3ccccc3)c3nc4cc(Cl)ccc4nc3[n+]2-c2ccccc2)N(C)c2nc3ccccc3nc21. The molecule has 8 rings (SSSR count). The summed E-state index contributed by atoms with van der Waals surface area (Å²) >= 11 is 6.38. The van der Waals surface area contributed by atoms with E-state index >= 15 is 0 Å². The van der Waals surface area contributed by atoms with Crippen LogP contribution in [0.25, 0.3) is 50.8 Å². The van der Waals surface area contributed by atoms with Crippen LogP contribution in [-0.4, -0.2) is 38.6 Å². The predicted octanol–water partition coefficient (Wildman–Crippen LogP) is 6.33. The smallest absolute Gasteiger partial charge is 0.312 e. The van der Waals surface area contributed by atoms with E-state index in [1.54, 1.807) is 0 Å². The Hall–Kier alpha value is -5.34. The maximum Gasteiger partial charge on any atom is 0.328 e. The first kappa shape index (κ1) is 24.5. The minimum atomic E-state index is 0.617. The molecule has 4 aromatic carbocycles. The average molecular weight is 568 g/mol. The Balaban J connectivity index is 1.46. The summed E-state index contributed by atoms with van der Waals surface area (Å²) < 4.78 is 4.29. The summed E-state index contributed by atoms with van der Waals surface area (Å²) in [7, 11) is 4.04. The summed E-state index contributed by atoms with van der Waals surface area (Å²) in [6.07, 6.45) is 2.15. The van der Waals surface area contributed by atoms with Crippen molar-refractivity contribution in [1.82, 2.24) is 24.5 Å². The van der Waals surface area contributed by atoms with Gasteiger partial charge in [-0.05, 0) is 54.6 Å². The number of hydrogen-bond acceptors (Lipinski definition) is 6. The largest absolute Gasteiger partial charge is 0.328 e. The van der Waals surface area contributed by atoms with Crippen molar-refractivity contribution in [3.05, 3.63) is 120 Å². The van der Waals surface area contributed by atoms with Crippen molar-refractivity contribution < 1.29 is 4.57 Å². The molecule has 7 aromatic rings. The molecule has 0 saturated carbocycles. The summed E-state index contributed by atoms with van der Waals surface area (Å²) in [5.41, 5.74) is 6.58. The van der Waals surface area contributed by atoms with Gasteiger partial charge in [-0.1, -0.05) is 65.1 Å². The van der Waals surface area contributed by atoms with E-state index in [9.17, 15) is 0 Å². The second-order valence-corrected chi connectivity index (χ2v) is 10.6. The number of anilines is 2. The quantitative estimate of drug-likeness (QED) is 0.232. The highest BCUT2D eigenvalue weighted by molar-refractivity contribution is 6.31. The van der Waals surface area contributed by atoms with E-state index in [0.717, 1.165) is 68.0 Å². The molecule has 3 aromatic heterocycles. The summed E-state index contributed by atoms with van der Waals surface area (Å²) in [6, 6.07) is 34.0. The van der Waals surface area contributed by atoms with E-state index in [0.29, 0.717) is 5.02 Å². The highest BCUT2D eigenvalue weighted by Gasteiger charge is 2.34. The molecule has 0 aliphatic carbocycles. The van der Waals surface area contributed by atoms with Gasteiger partial charge in [-0.2, -0.15) is 4.57 Å². The van der Waals surface area contributed by atoms with Crippen LogP contribution in [0, 0.1) is 0 Å². The van der Waals surface area contributed by atoms with Crippen molar-refractivity contribution >= 4 is 62.7 Å². The second-order valence-electron chi connectivity index (χ2n) is 10.2. The van der Waals surface area contributed by atoms with Gasteiger partial charge in [0.2, 0.25) is 5.82 Å². The normalized spacial score (nSPS) is 13.0. The van der Waals surface area contributed by atoms with E-state index in [-0.39, 0.29) is 0 Å². The average Bonchev–Trinajstić information content (AvgIpc) is 3.45. The lowest BCUT2D eigenvalue weighted by molar-refractivity contribution is -0.572. The molecule has 1 aliphatic heterocycles. The summed E-state index contributed by atoms with van der Waals surface area (Å²) in [5, 5.41) is 0.617. The monoisotopic (exact) mass is 567 g/mol. The van der Waals surface area contributed by atoms with Gasteiger partial charge >= 0.3 is 5.65 Å². The van der Waals surface area contributed by atoms with Gasteiger partial charge in [-0.25, -0.2) is 19.5 Å². The van der Waals surface area contributed by atoms with Crippen molar-refractivity contribution in [1.29, 1.82) is 0 Å². The van der Waals surface area contributed by atoms with Gasteiger partial charge in [-0.15, -0.1) is 0 Å². The maximum absolute atomic E-state index is 6.38. The molecule has 4 heterocycles. The molecule has 0 bridgehead atoms. The standard InChI is InChI=1S/C33H24ClN8/c1-39-28(40(2)31-30(39)35-24-15-9-10-16-25(24)36-31)20-29-41(22-11-5-3-6-12-22)32-33(42(29)23-13-7-4-8-14-23)38-27-19-21(34)17-18-26(27)37-32/h3-20H,1-2H3/q+1. The molecule has 0 unspecified atom stereocenters. The maximum atomic E-state index is 6.38. The van der Waals surface area contributed by atoms with Gasteiger partial charge in [-0.3, -0.25) is 0 Å². The Morgan fingerprint density at radius 3 is 1.90 bits per heavy atom. The molecular formula is C33H24ClN8+. The molecule has 0 atom stereocenters. The van der Waals surface area contributed by atoms with E-state index in [4.69, 9.17) is 31.5 Å². The third kappa shape index (κ3) is 3.73. The lowest BCUT2D eigenvalue weighted by Crippen LogP contribution is -2.35. The lowest BCUT2D eigenvalue weighted by Gasteiger charge is -2.17. The number of aromatic nitrogens is 6. The summed E-state index contributed by atoms with van der Waals surface area (Å²) in [6.45, 7) is 0. The number of para-hydroxylation sites is 4. The first-order valence-electron chi connectivity index (χ1n) is 13.6. The molecule has 0 fully saturated rings. The molecular weight excluding hydrogens is 544 g/mol. The van der Waals surface area contributed by atoms with Crippen molar-refractivity contribution in [2.75, 3.05) is 23.9 Å². The van der Waals surface area contributed by atoms with Crippen LogP contribution in [0.15, 0.2) is 109 Å². The number of hydrogen-bond donors (Lipinski definition) is 0. The molecule has 8 nitrogen and oxygen atoms in total. The van der Waals surface area contributed by atoms with Crippen molar-refractivity contribution in [3.8, 4) is 11.4 Å². The van der Waals surface area contributed by atoms with Crippen LogP contribution in [0.5, 0.6) is 0 Å². The van der Waals surface area contributed by atoms with Crippen LogP contribution >= 0.6 is 11.6 Å². The summed E-state index contributed by atoms with van der Waals surface area (Å²) in [5.74, 6) is 3.38. The number of benzene rings is 4. The first-order chi connectivity index (χ1) is 20.6. The van der Waals surface area contributed by atoms with Crippen LogP contribution in [0.1, 0.15) is 5.82 Å². The highest BCUT2D eigenvalue weighted by Crippen LogP contribution is 2.38. The fraction of sp³-hybridized carbons (Fsp3) is 0.0606. The Bertz CT molecular complexity index is 2140. The van der Waals surface area contributed by atoms with E-state index in [1.807, 2.05) is 93.0 Å². The van der Waals surface area contributed by atoms with Crippen LogP contribution in [-0.2, 0) is 0 Å². The third-order valence-corrected chi connectivity index (χ3v) is 7.85. The van der Waals surface area contributed by atoms with Gasteiger partial charge in [0, 0.05) is 19.1 Å². The van der Waals surface area contributed by atoms with Crippen LogP contribution in [0.2, 0.25) is 5.02 Å². The Morgan fingerprint density at radius 2 is 1.24 bits per heavy atom. The topological polar surface area (TPSA) is 66.9 Å². The molecule has 0 radical (unpaired) electrons. The van der Waals surface area contributed by atoms with E-state index in [2.05, 4.69) is 49.3 Å². The third-order valence-electron chi connectivity index (χ3n) is 7.62. The fourth-order valence-electron chi connectivity index (χ4n) is 5.60. The molecule has 0 N–H and O–H groups in total. The zero-order chi connectivity index (χ0) is 28.4. The Morgan fingerprint density at radius 1 is 0.643 bits per heavy atom. The highest BCUT2D eigenvalue weighted by atomic mass is 35.5. The number of fused-ring (bicyclic) bond motifs is 4. The number of rotatable bonds is 3. The van der Waals surface area contributed by atoms with E-state index in [1.165, 1.54) is 0 Å². The van der Waals surface area contributed by atoms with Gasteiger partial charge < -0.3 is 9.80 Å². The molecule has 1 aliphatic rings. The zero-order valence-electron chi connectivity index (χ0n) is 22.8. The number of nitrogens with zero attached hydrogens (tertiary/aromatic N) is 8. The first-order valence-corrected chi connectivity index (χ1v) is 14.0. The number of imidazole rings is 1. The lowest BCUT2D eigenvalue weighted by atomic mass is 10.3. The van der Waals surface area contributed by atoms with E-state index < -0.39 is 0 Å². The second kappa shape index (κ2) is 9.36. The van der Waals surface area contributed by atoms with Gasteiger partial charge in [0.05, 0.1) is 17.1 Å². The molecule has 202 valence electrons. The van der Waals surface area contributed by atoms with Gasteiger partial charge in [0.1, 0.15) is 22.7 Å². The molecule has 0 spiro atoms. The molecule has 9 heteroatoms. The van der Waals surface area contributed by atoms with Crippen LogP contribution in [0.3, 0.4) is 0 Å². The van der Waals surface area contributed by atoms with Crippen LogP contribution in [0.4, 0.5) is 11.6 Å². The zero-order valence-corrected chi connectivity index (χ0v) is 23.6. The van der Waals surface area contributed by atoms with Gasteiger partial charge in [0.25, 0.3) is 5.65 Å². The van der Waals surface area contributed by atoms with Crippen molar-refractivity contribution in [2.45, 2.75) is 0 Å². The van der Waals surface area contributed by atoms with Gasteiger partial charge in [0.15, 0.2) is 17.2 Å². The summed E-state index contributed by atoms with van der Waals surface area (Å²) in [4.78, 5) is 24.3. The minimum Gasteiger partial charge on any atom is -0.312 e. The molecule has 0 amide bonds. The Labute approximate surface area is 246 Å². The predicted molar refractivity (Wildman–Crippen MR) is 167 cm³/mol. The van der Waals surface area contributed by atoms with Crippen molar-refractivity contribution in [3.63, 3.8) is 0 Å². The minimum absolute atomic E-state index is 0.617.